The lowest BCUT2D eigenvalue weighted by molar-refractivity contribution is 0.0697. The molecule has 1 aliphatic heterocycles. The second-order valence-electron chi connectivity index (χ2n) is 8.06. The van der Waals surface area contributed by atoms with Gasteiger partial charge in [-0.3, -0.25) is 4.98 Å². The van der Waals surface area contributed by atoms with Gasteiger partial charge in [-0.15, -0.1) is 0 Å². The van der Waals surface area contributed by atoms with Crippen molar-refractivity contribution < 1.29 is 14.3 Å². The van der Waals surface area contributed by atoms with Crippen LogP contribution in [0.4, 0.5) is 0 Å². The number of hydrogen-bond donors (Lipinski definition) is 2. The number of furan rings is 1. The van der Waals surface area contributed by atoms with Crippen molar-refractivity contribution in [1.82, 2.24) is 15.2 Å². The van der Waals surface area contributed by atoms with Gasteiger partial charge in [0.1, 0.15) is 17.6 Å². The highest BCUT2D eigenvalue weighted by atomic mass is 32.1. The normalized spacial score (nSPS) is 21.4. The van der Waals surface area contributed by atoms with Crippen LogP contribution in [-0.2, 0) is 0 Å². The summed E-state index contributed by atoms with van der Waals surface area (Å²) in [6.45, 7) is 0. The fourth-order valence-electron chi connectivity index (χ4n) is 4.69. The number of thiocarbonyl (C=S) groups is 1. The van der Waals surface area contributed by atoms with Crippen molar-refractivity contribution in [3.05, 3.63) is 77.8 Å². The number of rotatable bonds is 5. The van der Waals surface area contributed by atoms with Crippen LogP contribution in [0, 0.1) is 0 Å². The molecular formula is C24H23N3O3S. The van der Waals surface area contributed by atoms with Crippen molar-refractivity contribution in [2.45, 2.75) is 43.8 Å². The van der Waals surface area contributed by atoms with Gasteiger partial charge in [-0.25, -0.2) is 4.79 Å². The minimum atomic E-state index is -0.942. The van der Waals surface area contributed by atoms with Crippen molar-refractivity contribution in [3.63, 3.8) is 0 Å². The Labute approximate surface area is 185 Å². The van der Waals surface area contributed by atoms with Crippen molar-refractivity contribution in [2.75, 3.05) is 0 Å². The Kier molecular flexibility index (Phi) is 5.19. The van der Waals surface area contributed by atoms with Gasteiger partial charge >= 0.3 is 5.97 Å². The molecule has 2 N–H and O–H groups in total. The molecule has 0 radical (unpaired) electrons. The molecule has 1 saturated heterocycles. The van der Waals surface area contributed by atoms with Crippen LogP contribution in [0.2, 0.25) is 0 Å². The lowest BCUT2D eigenvalue weighted by Gasteiger charge is -2.31. The molecule has 3 aromatic rings. The topological polar surface area (TPSA) is 78.6 Å². The molecule has 5 rings (SSSR count). The summed E-state index contributed by atoms with van der Waals surface area (Å²) in [5, 5.41) is 13.4. The number of carboxylic acid groups (broad SMARTS) is 1. The first-order valence-electron chi connectivity index (χ1n) is 10.5. The SMILES string of the molecule is O=C(O)c1ccc(-c2ccc([C@H]3[C@@H](c4ccccn4)NC(=S)N3C3CCCC3)o2)cc1. The zero-order chi connectivity index (χ0) is 21.4. The van der Waals surface area contributed by atoms with Crippen LogP contribution < -0.4 is 5.32 Å². The summed E-state index contributed by atoms with van der Waals surface area (Å²) in [6.07, 6.45) is 6.47. The Morgan fingerprint density at radius 3 is 2.55 bits per heavy atom. The van der Waals surface area contributed by atoms with Gasteiger partial charge in [0.25, 0.3) is 0 Å². The van der Waals surface area contributed by atoms with Crippen LogP contribution in [-0.4, -0.2) is 32.1 Å². The van der Waals surface area contributed by atoms with Gasteiger partial charge in [0.15, 0.2) is 5.11 Å². The average Bonchev–Trinajstić information content (AvgIpc) is 3.54. The number of carboxylic acids is 1. The maximum atomic E-state index is 11.1. The Balaban J connectivity index is 1.51. The van der Waals surface area contributed by atoms with Crippen molar-refractivity contribution in [2.24, 2.45) is 0 Å². The van der Waals surface area contributed by atoms with Gasteiger partial charge < -0.3 is 19.7 Å². The summed E-state index contributed by atoms with van der Waals surface area (Å²) in [4.78, 5) is 18.0. The zero-order valence-electron chi connectivity index (χ0n) is 16.9. The van der Waals surface area contributed by atoms with E-state index in [1.165, 1.54) is 12.8 Å². The third kappa shape index (κ3) is 3.70. The number of carbonyl (C=O) groups is 1. The highest BCUT2D eigenvalue weighted by Gasteiger charge is 2.45. The molecule has 1 aromatic carbocycles. The van der Waals surface area contributed by atoms with Crippen molar-refractivity contribution in [3.8, 4) is 11.3 Å². The third-order valence-electron chi connectivity index (χ3n) is 6.19. The van der Waals surface area contributed by atoms with Gasteiger partial charge in [-0.05, 0) is 61.5 Å². The van der Waals surface area contributed by atoms with E-state index >= 15 is 0 Å². The number of nitrogens with zero attached hydrogens (tertiary/aromatic N) is 2. The van der Waals surface area contributed by atoms with Crippen LogP contribution in [0.25, 0.3) is 11.3 Å². The lowest BCUT2D eigenvalue weighted by atomic mass is 10.0. The molecule has 2 aromatic heterocycles. The molecular weight excluding hydrogens is 410 g/mol. The van der Waals surface area contributed by atoms with Crippen LogP contribution in [0.3, 0.4) is 0 Å². The second kappa shape index (κ2) is 8.15. The minimum absolute atomic E-state index is 0.0856. The summed E-state index contributed by atoms with van der Waals surface area (Å²) in [6, 6.07) is 16.8. The Morgan fingerprint density at radius 1 is 1.10 bits per heavy atom. The van der Waals surface area contributed by atoms with Crippen LogP contribution in [0.1, 0.15) is 59.6 Å². The third-order valence-corrected chi connectivity index (χ3v) is 6.52. The van der Waals surface area contributed by atoms with E-state index in [4.69, 9.17) is 21.7 Å². The van der Waals surface area contributed by atoms with Crippen LogP contribution in [0.15, 0.2) is 65.2 Å². The molecule has 0 unspecified atom stereocenters. The highest BCUT2D eigenvalue weighted by molar-refractivity contribution is 7.80. The number of hydrogen-bond acceptors (Lipinski definition) is 4. The molecule has 1 aliphatic carbocycles. The zero-order valence-corrected chi connectivity index (χ0v) is 17.7. The lowest BCUT2D eigenvalue weighted by Crippen LogP contribution is -2.37. The predicted molar refractivity (Wildman–Crippen MR) is 121 cm³/mol. The van der Waals surface area contributed by atoms with E-state index in [2.05, 4.69) is 15.2 Å². The summed E-state index contributed by atoms with van der Waals surface area (Å²) < 4.78 is 6.33. The number of aromatic carboxylic acids is 1. The van der Waals surface area contributed by atoms with Crippen molar-refractivity contribution in [1.29, 1.82) is 0 Å². The van der Waals surface area contributed by atoms with Gasteiger partial charge in [0.2, 0.25) is 0 Å². The molecule has 31 heavy (non-hydrogen) atoms. The first-order chi connectivity index (χ1) is 15.1. The smallest absolute Gasteiger partial charge is 0.335 e. The van der Waals surface area contributed by atoms with E-state index in [9.17, 15) is 4.79 Å². The van der Waals surface area contributed by atoms with Gasteiger partial charge in [0, 0.05) is 17.8 Å². The molecule has 2 fully saturated rings. The summed E-state index contributed by atoms with van der Waals surface area (Å²) in [5.74, 6) is 0.589. The van der Waals surface area contributed by atoms with E-state index in [1.54, 1.807) is 30.5 Å². The molecule has 6 nitrogen and oxygen atoms in total. The quantitative estimate of drug-likeness (QED) is 0.551. The highest BCUT2D eigenvalue weighted by Crippen LogP contribution is 2.44. The fourth-order valence-corrected chi connectivity index (χ4v) is 5.08. The molecule has 158 valence electrons. The van der Waals surface area contributed by atoms with Crippen LogP contribution >= 0.6 is 12.2 Å². The summed E-state index contributed by atoms with van der Waals surface area (Å²) in [7, 11) is 0. The first-order valence-corrected chi connectivity index (χ1v) is 11.0. The maximum Gasteiger partial charge on any atom is 0.335 e. The summed E-state index contributed by atoms with van der Waals surface area (Å²) >= 11 is 5.76. The minimum Gasteiger partial charge on any atom is -0.478 e. The first kappa shape index (κ1) is 19.8. The molecule has 0 amide bonds. The molecule has 1 saturated carbocycles. The average molecular weight is 434 g/mol. The largest absolute Gasteiger partial charge is 0.478 e. The number of aromatic nitrogens is 1. The van der Waals surface area contributed by atoms with E-state index in [0.717, 1.165) is 35.0 Å². The van der Waals surface area contributed by atoms with Gasteiger partial charge in [0.05, 0.1) is 17.3 Å². The Hall–Kier alpha value is -3.19. The maximum absolute atomic E-state index is 11.1. The monoisotopic (exact) mass is 433 g/mol. The molecule has 3 heterocycles. The Morgan fingerprint density at radius 2 is 1.87 bits per heavy atom. The fraction of sp³-hybridized carbons (Fsp3) is 0.292. The van der Waals surface area contributed by atoms with Gasteiger partial charge in [-0.1, -0.05) is 31.0 Å². The van der Waals surface area contributed by atoms with E-state index in [-0.39, 0.29) is 17.6 Å². The number of benzene rings is 1. The predicted octanol–water partition coefficient (Wildman–Crippen LogP) is 4.95. The number of nitrogens with one attached hydrogen (secondary N) is 1. The molecule has 2 aliphatic rings. The Bertz CT molecular complexity index is 1090. The summed E-state index contributed by atoms with van der Waals surface area (Å²) in [5.41, 5.74) is 2.02. The standard InChI is InChI=1S/C24H23N3O3S/c28-23(29)16-10-8-15(9-11-16)19-12-13-20(30-19)22-21(18-7-3-4-14-25-18)26-24(31)27(22)17-5-1-2-6-17/h3-4,7-14,17,21-22H,1-2,5-6H2,(H,26,31)(H,28,29)/t21-,22+/m1/s1. The molecule has 7 heteroatoms. The van der Waals surface area contributed by atoms with E-state index in [1.807, 2.05) is 30.3 Å². The van der Waals surface area contributed by atoms with Crippen molar-refractivity contribution >= 4 is 23.3 Å². The number of pyridine rings is 1. The second-order valence-corrected chi connectivity index (χ2v) is 8.44. The van der Waals surface area contributed by atoms with Gasteiger partial charge in [-0.2, -0.15) is 0 Å². The molecule has 0 bridgehead atoms. The van der Waals surface area contributed by atoms with E-state index in [0.29, 0.717) is 11.8 Å². The van der Waals surface area contributed by atoms with Crippen LogP contribution in [0.5, 0.6) is 0 Å². The molecule has 2 atom stereocenters. The van der Waals surface area contributed by atoms with E-state index < -0.39 is 5.97 Å². The molecule has 0 spiro atoms.